The summed E-state index contributed by atoms with van der Waals surface area (Å²) in [5, 5.41) is 21.9. The van der Waals surface area contributed by atoms with Gasteiger partial charge in [-0.15, -0.1) is 0 Å². The van der Waals surface area contributed by atoms with Crippen LogP contribution in [-0.4, -0.2) is 46.4 Å². The minimum absolute atomic E-state index is 0.173. The second-order valence-electron chi connectivity index (χ2n) is 4.37. The summed E-state index contributed by atoms with van der Waals surface area (Å²) in [5.74, 6) is -0.944. The van der Waals surface area contributed by atoms with Gasteiger partial charge in [0.05, 0.1) is 12.5 Å². The van der Waals surface area contributed by atoms with Crippen molar-refractivity contribution in [1.82, 2.24) is 5.32 Å². The van der Waals surface area contributed by atoms with Crippen LogP contribution in [0, 0.1) is 0 Å². The fourth-order valence-corrected chi connectivity index (χ4v) is 2.82. The Bertz CT molecular complexity index is 217. The van der Waals surface area contributed by atoms with Crippen LogP contribution in [0.15, 0.2) is 0 Å². The first-order valence-corrected chi connectivity index (χ1v) is 7.06. The van der Waals surface area contributed by atoms with E-state index in [1.165, 1.54) is 12.8 Å². The summed E-state index contributed by atoms with van der Waals surface area (Å²) in [5.41, 5.74) is 0. The first kappa shape index (κ1) is 13.8. The molecule has 1 atom stereocenters. The van der Waals surface area contributed by atoms with Gasteiger partial charge in [0.2, 0.25) is 0 Å². The van der Waals surface area contributed by atoms with Gasteiger partial charge in [-0.25, -0.2) is 0 Å². The summed E-state index contributed by atoms with van der Waals surface area (Å²) in [6.07, 6.45) is 5.90. The van der Waals surface area contributed by atoms with E-state index in [-0.39, 0.29) is 6.42 Å². The standard InChI is InChI=1S/C11H21NO3S/c1-16-10-4-2-8(3-5-10)12-7-9(13)6-11(14)15/h8-10,12-13H,2-7H2,1H3,(H,14,15). The van der Waals surface area contributed by atoms with Crippen LogP contribution in [0.4, 0.5) is 0 Å². The van der Waals surface area contributed by atoms with Gasteiger partial charge in [0.15, 0.2) is 0 Å². The van der Waals surface area contributed by atoms with Crippen molar-refractivity contribution in [3.8, 4) is 0 Å². The smallest absolute Gasteiger partial charge is 0.306 e. The SMILES string of the molecule is CSC1CCC(NCC(O)CC(=O)O)CC1. The Morgan fingerprint density at radius 1 is 1.44 bits per heavy atom. The summed E-state index contributed by atoms with van der Waals surface area (Å²) in [6, 6.07) is 0.451. The zero-order valence-corrected chi connectivity index (χ0v) is 10.5. The Kier molecular flexibility index (Phi) is 6.16. The van der Waals surface area contributed by atoms with Gasteiger partial charge in [-0.3, -0.25) is 4.79 Å². The molecule has 0 radical (unpaired) electrons. The molecule has 3 N–H and O–H groups in total. The molecule has 16 heavy (non-hydrogen) atoms. The third-order valence-electron chi connectivity index (χ3n) is 3.06. The molecule has 0 aromatic carbocycles. The molecule has 94 valence electrons. The highest BCUT2D eigenvalue weighted by molar-refractivity contribution is 7.99. The summed E-state index contributed by atoms with van der Waals surface area (Å²) in [4.78, 5) is 10.4. The van der Waals surface area contributed by atoms with Crippen molar-refractivity contribution in [2.75, 3.05) is 12.8 Å². The number of rotatable bonds is 6. The summed E-state index contributed by atoms with van der Waals surface area (Å²) >= 11 is 1.93. The first-order chi connectivity index (χ1) is 7.61. The molecule has 0 spiro atoms. The normalized spacial score (nSPS) is 27.6. The number of carboxylic acid groups (broad SMARTS) is 1. The van der Waals surface area contributed by atoms with Crippen LogP contribution < -0.4 is 5.32 Å². The van der Waals surface area contributed by atoms with E-state index in [2.05, 4.69) is 11.6 Å². The van der Waals surface area contributed by atoms with Gasteiger partial charge in [0.1, 0.15) is 0 Å². The van der Waals surface area contributed by atoms with Crippen molar-refractivity contribution >= 4 is 17.7 Å². The Morgan fingerprint density at radius 2 is 2.06 bits per heavy atom. The van der Waals surface area contributed by atoms with Crippen LogP contribution in [-0.2, 0) is 4.79 Å². The quantitative estimate of drug-likeness (QED) is 0.655. The largest absolute Gasteiger partial charge is 0.481 e. The molecule has 4 nitrogen and oxygen atoms in total. The number of carbonyl (C=O) groups is 1. The van der Waals surface area contributed by atoms with E-state index < -0.39 is 12.1 Å². The zero-order chi connectivity index (χ0) is 12.0. The molecule has 1 aliphatic rings. The van der Waals surface area contributed by atoms with E-state index >= 15 is 0 Å². The van der Waals surface area contributed by atoms with E-state index in [4.69, 9.17) is 5.11 Å². The van der Waals surface area contributed by atoms with Crippen molar-refractivity contribution in [1.29, 1.82) is 0 Å². The predicted molar refractivity (Wildman–Crippen MR) is 65.8 cm³/mol. The third kappa shape index (κ3) is 5.18. The van der Waals surface area contributed by atoms with Crippen LogP contribution in [0.2, 0.25) is 0 Å². The second-order valence-corrected chi connectivity index (χ2v) is 5.51. The van der Waals surface area contributed by atoms with Gasteiger partial charge in [0.25, 0.3) is 0 Å². The van der Waals surface area contributed by atoms with Crippen LogP contribution >= 0.6 is 11.8 Å². The average molecular weight is 247 g/mol. The molecule has 0 saturated heterocycles. The second kappa shape index (κ2) is 7.14. The van der Waals surface area contributed by atoms with E-state index in [1.54, 1.807) is 0 Å². The topological polar surface area (TPSA) is 69.6 Å². The van der Waals surface area contributed by atoms with Gasteiger partial charge in [-0.2, -0.15) is 11.8 Å². The Hall–Kier alpha value is -0.260. The molecular formula is C11H21NO3S. The first-order valence-electron chi connectivity index (χ1n) is 5.78. The van der Waals surface area contributed by atoms with Gasteiger partial charge < -0.3 is 15.5 Å². The molecule has 1 rings (SSSR count). The molecular weight excluding hydrogens is 226 g/mol. The zero-order valence-electron chi connectivity index (χ0n) is 9.69. The molecule has 0 amide bonds. The monoisotopic (exact) mass is 247 g/mol. The number of thioether (sulfide) groups is 1. The molecule has 5 heteroatoms. The summed E-state index contributed by atoms with van der Waals surface area (Å²) in [6.45, 7) is 0.390. The Balaban J connectivity index is 2.12. The van der Waals surface area contributed by atoms with Crippen molar-refractivity contribution in [3.05, 3.63) is 0 Å². The Morgan fingerprint density at radius 3 is 2.56 bits per heavy atom. The predicted octanol–water partition coefficient (Wildman–Crippen LogP) is 1.09. The molecule has 0 aliphatic heterocycles. The average Bonchev–Trinajstić information content (AvgIpc) is 2.26. The van der Waals surface area contributed by atoms with Crippen molar-refractivity contribution in [2.45, 2.75) is 49.5 Å². The number of hydrogen-bond acceptors (Lipinski definition) is 4. The van der Waals surface area contributed by atoms with Crippen molar-refractivity contribution in [3.63, 3.8) is 0 Å². The number of aliphatic carboxylic acids is 1. The van der Waals surface area contributed by atoms with Crippen LogP contribution in [0.25, 0.3) is 0 Å². The lowest BCUT2D eigenvalue weighted by molar-refractivity contribution is -0.139. The minimum Gasteiger partial charge on any atom is -0.481 e. The van der Waals surface area contributed by atoms with E-state index in [1.807, 2.05) is 11.8 Å². The number of carboxylic acids is 1. The number of aliphatic hydroxyl groups is 1. The minimum atomic E-state index is -0.944. The van der Waals surface area contributed by atoms with Crippen molar-refractivity contribution in [2.24, 2.45) is 0 Å². The maximum Gasteiger partial charge on any atom is 0.306 e. The van der Waals surface area contributed by atoms with Gasteiger partial charge in [-0.1, -0.05) is 0 Å². The van der Waals surface area contributed by atoms with Crippen LogP contribution in [0.5, 0.6) is 0 Å². The van der Waals surface area contributed by atoms with E-state index in [0.717, 1.165) is 18.1 Å². The molecule has 0 aromatic heterocycles. The molecule has 0 heterocycles. The summed E-state index contributed by atoms with van der Waals surface area (Å²) in [7, 11) is 0. The maximum absolute atomic E-state index is 10.4. The molecule has 1 saturated carbocycles. The highest BCUT2D eigenvalue weighted by Crippen LogP contribution is 2.26. The van der Waals surface area contributed by atoms with Crippen LogP contribution in [0.3, 0.4) is 0 Å². The van der Waals surface area contributed by atoms with Gasteiger partial charge >= 0.3 is 5.97 Å². The molecule has 1 aliphatic carbocycles. The highest BCUT2D eigenvalue weighted by Gasteiger charge is 2.20. The lowest BCUT2D eigenvalue weighted by Gasteiger charge is -2.28. The highest BCUT2D eigenvalue weighted by atomic mass is 32.2. The lowest BCUT2D eigenvalue weighted by Crippen LogP contribution is -2.39. The van der Waals surface area contributed by atoms with E-state index in [0.29, 0.717) is 12.6 Å². The molecule has 1 unspecified atom stereocenters. The van der Waals surface area contributed by atoms with Crippen molar-refractivity contribution < 1.29 is 15.0 Å². The summed E-state index contributed by atoms with van der Waals surface area (Å²) < 4.78 is 0. The Labute approximate surface area is 101 Å². The number of hydrogen-bond donors (Lipinski definition) is 3. The third-order valence-corrected chi connectivity index (χ3v) is 4.20. The maximum atomic E-state index is 10.4. The van der Waals surface area contributed by atoms with E-state index in [9.17, 15) is 9.90 Å². The number of nitrogens with one attached hydrogen (secondary N) is 1. The van der Waals surface area contributed by atoms with Gasteiger partial charge in [-0.05, 0) is 31.9 Å². The van der Waals surface area contributed by atoms with Gasteiger partial charge in [0, 0.05) is 17.8 Å². The molecule has 0 bridgehead atoms. The van der Waals surface area contributed by atoms with Crippen LogP contribution in [0.1, 0.15) is 32.1 Å². The molecule has 0 aromatic rings. The molecule has 1 fully saturated rings. The lowest BCUT2D eigenvalue weighted by atomic mass is 9.95. The fourth-order valence-electron chi connectivity index (χ4n) is 2.08. The fraction of sp³-hybridized carbons (Fsp3) is 0.909. The number of aliphatic hydroxyl groups excluding tert-OH is 1.